The van der Waals surface area contributed by atoms with E-state index in [0.717, 1.165) is 40.1 Å². The topological polar surface area (TPSA) is 71.9 Å². The molecule has 2 N–H and O–H groups in total. The minimum absolute atomic E-state index is 0.0112. The van der Waals surface area contributed by atoms with Crippen molar-refractivity contribution in [3.8, 4) is 0 Å². The van der Waals surface area contributed by atoms with E-state index in [0.29, 0.717) is 19.4 Å². The molecule has 0 aliphatic rings. The molecule has 0 unspecified atom stereocenters. The van der Waals surface area contributed by atoms with Crippen LogP contribution in [-0.2, 0) is 22.5 Å². The largest absolute Gasteiger partial charge is 0.383 e. The van der Waals surface area contributed by atoms with Crippen molar-refractivity contribution >= 4 is 22.5 Å². The molecule has 0 atom stereocenters. The third kappa shape index (κ3) is 3.74. The number of nitrogens with zero attached hydrogens (tertiary/aromatic N) is 2. The molecule has 3 aromatic rings. The summed E-state index contributed by atoms with van der Waals surface area (Å²) >= 11 is 0. The lowest BCUT2D eigenvalue weighted by Crippen LogP contribution is -2.13. The Balaban J connectivity index is 1.70. The predicted molar refractivity (Wildman–Crippen MR) is 98.8 cm³/mol. The van der Waals surface area contributed by atoms with Crippen molar-refractivity contribution < 1.29 is 9.53 Å². The number of nitrogens with one attached hydrogen (secondary N) is 2. The fourth-order valence-electron chi connectivity index (χ4n) is 3.11. The molecular formula is C19H24N4O2. The number of hydrogen-bond acceptors (Lipinski definition) is 3. The van der Waals surface area contributed by atoms with Gasteiger partial charge in [-0.15, -0.1) is 0 Å². The van der Waals surface area contributed by atoms with Gasteiger partial charge in [0.2, 0.25) is 5.91 Å². The minimum atomic E-state index is 0.0112. The number of aryl methyl sites for hydroxylation is 2. The van der Waals surface area contributed by atoms with Gasteiger partial charge in [-0.25, -0.2) is 0 Å². The van der Waals surface area contributed by atoms with Crippen LogP contribution in [0.2, 0.25) is 0 Å². The van der Waals surface area contributed by atoms with E-state index in [-0.39, 0.29) is 5.91 Å². The third-order valence-electron chi connectivity index (χ3n) is 4.51. The van der Waals surface area contributed by atoms with Crippen LogP contribution < -0.4 is 5.32 Å². The van der Waals surface area contributed by atoms with Gasteiger partial charge in [0.15, 0.2) is 0 Å². The highest BCUT2D eigenvalue weighted by Gasteiger charge is 2.11. The molecule has 1 aromatic carbocycles. The van der Waals surface area contributed by atoms with Crippen molar-refractivity contribution in [1.29, 1.82) is 0 Å². The molecule has 3 rings (SSSR count). The van der Waals surface area contributed by atoms with Crippen LogP contribution in [-0.4, -0.2) is 34.4 Å². The van der Waals surface area contributed by atoms with Gasteiger partial charge >= 0.3 is 0 Å². The lowest BCUT2D eigenvalue weighted by Gasteiger charge is -2.09. The summed E-state index contributed by atoms with van der Waals surface area (Å²) in [6.07, 6.45) is 3.14. The van der Waals surface area contributed by atoms with Crippen LogP contribution in [0.5, 0.6) is 0 Å². The summed E-state index contributed by atoms with van der Waals surface area (Å²) in [7, 11) is 1.70. The highest BCUT2D eigenvalue weighted by molar-refractivity contribution is 6.01. The van der Waals surface area contributed by atoms with Crippen molar-refractivity contribution in [2.24, 2.45) is 0 Å². The SMILES string of the molecule is COCCn1ccc2c(NC(=O)CCc3c(C)n[nH]c3C)cccc21. The molecular weight excluding hydrogens is 316 g/mol. The van der Waals surface area contributed by atoms with Crippen LogP contribution in [0.15, 0.2) is 30.5 Å². The lowest BCUT2D eigenvalue weighted by atomic mass is 10.1. The monoisotopic (exact) mass is 340 g/mol. The van der Waals surface area contributed by atoms with Gasteiger partial charge in [-0.2, -0.15) is 5.10 Å². The molecule has 2 aromatic heterocycles. The van der Waals surface area contributed by atoms with Gasteiger partial charge in [0, 0.05) is 37.4 Å². The van der Waals surface area contributed by atoms with Crippen molar-refractivity contribution in [2.45, 2.75) is 33.2 Å². The molecule has 1 amide bonds. The summed E-state index contributed by atoms with van der Waals surface area (Å²) in [6.45, 7) is 5.39. The molecule has 0 spiro atoms. The Bertz CT molecular complexity index is 859. The van der Waals surface area contributed by atoms with E-state index in [1.54, 1.807) is 7.11 Å². The summed E-state index contributed by atoms with van der Waals surface area (Å²) in [5, 5.41) is 11.2. The molecule has 0 fully saturated rings. The number of amides is 1. The Morgan fingerprint density at radius 1 is 1.32 bits per heavy atom. The van der Waals surface area contributed by atoms with E-state index in [1.165, 1.54) is 0 Å². The molecule has 0 aliphatic carbocycles. The molecule has 6 nitrogen and oxygen atoms in total. The Morgan fingerprint density at radius 3 is 2.88 bits per heavy atom. The van der Waals surface area contributed by atoms with E-state index in [4.69, 9.17) is 4.74 Å². The van der Waals surface area contributed by atoms with Crippen LogP contribution in [0.3, 0.4) is 0 Å². The number of aromatic amines is 1. The second kappa shape index (κ2) is 7.53. The average molecular weight is 340 g/mol. The number of carbonyl (C=O) groups excluding carboxylic acids is 1. The smallest absolute Gasteiger partial charge is 0.224 e. The molecule has 0 saturated heterocycles. The molecule has 25 heavy (non-hydrogen) atoms. The van der Waals surface area contributed by atoms with Crippen molar-refractivity contribution in [3.05, 3.63) is 47.4 Å². The van der Waals surface area contributed by atoms with Crippen LogP contribution in [0.1, 0.15) is 23.4 Å². The van der Waals surface area contributed by atoms with E-state index in [9.17, 15) is 4.79 Å². The summed E-state index contributed by atoms with van der Waals surface area (Å²) in [4.78, 5) is 12.4. The van der Waals surface area contributed by atoms with Gasteiger partial charge in [-0.1, -0.05) is 6.07 Å². The lowest BCUT2D eigenvalue weighted by molar-refractivity contribution is -0.116. The van der Waals surface area contributed by atoms with Gasteiger partial charge in [-0.3, -0.25) is 9.89 Å². The van der Waals surface area contributed by atoms with E-state index in [1.807, 2.05) is 38.2 Å². The predicted octanol–water partition coefficient (Wildman–Crippen LogP) is 3.20. The minimum Gasteiger partial charge on any atom is -0.383 e. The molecule has 0 radical (unpaired) electrons. The summed E-state index contributed by atoms with van der Waals surface area (Å²) in [5.74, 6) is 0.0112. The van der Waals surface area contributed by atoms with Crippen molar-refractivity contribution in [2.75, 3.05) is 19.0 Å². The number of anilines is 1. The van der Waals surface area contributed by atoms with Crippen LogP contribution in [0.25, 0.3) is 10.9 Å². The maximum atomic E-state index is 12.4. The zero-order valence-corrected chi connectivity index (χ0v) is 14.9. The highest BCUT2D eigenvalue weighted by Crippen LogP contribution is 2.25. The zero-order chi connectivity index (χ0) is 17.8. The molecule has 6 heteroatoms. The summed E-state index contributed by atoms with van der Waals surface area (Å²) in [6, 6.07) is 7.99. The average Bonchev–Trinajstić information content (AvgIpc) is 3.15. The number of rotatable bonds is 7. The number of methoxy groups -OCH3 is 1. The van der Waals surface area contributed by atoms with Gasteiger partial charge in [-0.05, 0) is 44.0 Å². The maximum absolute atomic E-state index is 12.4. The molecule has 0 aliphatic heterocycles. The zero-order valence-electron chi connectivity index (χ0n) is 14.9. The maximum Gasteiger partial charge on any atom is 0.224 e. The van der Waals surface area contributed by atoms with Gasteiger partial charge in [0.05, 0.1) is 23.5 Å². The number of aromatic nitrogens is 3. The Kier molecular flexibility index (Phi) is 5.19. The first-order valence-corrected chi connectivity index (χ1v) is 8.47. The molecule has 132 valence electrons. The molecule has 2 heterocycles. The summed E-state index contributed by atoms with van der Waals surface area (Å²) in [5.41, 5.74) is 5.06. The number of ether oxygens (including phenoxy) is 1. The highest BCUT2D eigenvalue weighted by atomic mass is 16.5. The Hall–Kier alpha value is -2.60. The first-order chi connectivity index (χ1) is 12.1. The second-order valence-corrected chi connectivity index (χ2v) is 6.20. The van der Waals surface area contributed by atoms with Gasteiger partial charge in [0.1, 0.15) is 0 Å². The summed E-state index contributed by atoms with van der Waals surface area (Å²) < 4.78 is 7.28. The quantitative estimate of drug-likeness (QED) is 0.694. The molecule has 0 saturated carbocycles. The number of fused-ring (bicyclic) bond motifs is 1. The van der Waals surface area contributed by atoms with Crippen molar-refractivity contribution in [3.63, 3.8) is 0 Å². The van der Waals surface area contributed by atoms with E-state index < -0.39 is 0 Å². The van der Waals surface area contributed by atoms with Crippen molar-refractivity contribution in [1.82, 2.24) is 14.8 Å². The fourth-order valence-corrected chi connectivity index (χ4v) is 3.11. The fraction of sp³-hybridized carbons (Fsp3) is 0.368. The third-order valence-corrected chi connectivity index (χ3v) is 4.51. The Morgan fingerprint density at radius 2 is 2.16 bits per heavy atom. The normalized spacial score (nSPS) is 11.2. The van der Waals surface area contributed by atoms with E-state index >= 15 is 0 Å². The number of carbonyl (C=O) groups is 1. The standard InChI is InChI=1S/C19H24N4O2/c1-13-15(14(2)22-21-13)7-8-19(24)20-17-5-4-6-18-16(17)9-10-23(18)11-12-25-3/h4-6,9-10H,7-8,11-12H2,1-3H3,(H,20,24)(H,21,22). The first kappa shape index (κ1) is 17.2. The Labute approximate surface area is 147 Å². The van der Waals surface area contributed by atoms with Gasteiger partial charge in [0.25, 0.3) is 0 Å². The van der Waals surface area contributed by atoms with Crippen LogP contribution in [0, 0.1) is 13.8 Å². The molecule has 0 bridgehead atoms. The van der Waals surface area contributed by atoms with Crippen LogP contribution in [0.4, 0.5) is 5.69 Å². The van der Waals surface area contributed by atoms with Crippen LogP contribution >= 0.6 is 0 Å². The number of benzene rings is 1. The number of H-pyrrole nitrogens is 1. The van der Waals surface area contributed by atoms with E-state index in [2.05, 4.69) is 26.1 Å². The van der Waals surface area contributed by atoms with Gasteiger partial charge < -0.3 is 14.6 Å². The first-order valence-electron chi connectivity index (χ1n) is 8.47. The second-order valence-electron chi connectivity index (χ2n) is 6.20. The number of hydrogen-bond donors (Lipinski definition) is 2.